The van der Waals surface area contributed by atoms with E-state index in [1.807, 2.05) is 38.1 Å². The van der Waals surface area contributed by atoms with E-state index < -0.39 is 0 Å². The fraction of sp³-hybridized carbons (Fsp3) is 0.214. The van der Waals surface area contributed by atoms with Crippen LogP contribution in [0, 0.1) is 20.8 Å². The van der Waals surface area contributed by atoms with Crippen LogP contribution in [0.4, 0.5) is 5.95 Å². The molecule has 92 valence electrons. The van der Waals surface area contributed by atoms with Gasteiger partial charge in [0, 0.05) is 11.4 Å². The first-order valence-corrected chi connectivity index (χ1v) is 5.82. The Morgan fingerprint density at radius 2 is 1.72 bits per heavy atom. The lowest BCUT2D eigenvalue weighted by atomic mass is 10.1. The molecule has 4 heteroatoms. The molecule has 0 aliphatic heterocycles. The van der Waals surface area contributed by atoms with E-state index in [4.69, 9.17) is 0 Å². The number of aromatic nitrogens is 2. The Morgan fingerprint density at radius 3 is 2.39 bits per heavy atom. The van der Waals surface area contributed by atoms with Gasteiger partial charge in [-0.25, -0.2) is 15.4 Å². The quantitative estimate of drug-likeness (QED) is 0.663. The number of rotatable bonds is 3. The van der Waals surface area contributed by atoms with Crippen molar-refractivity contribution in [1.82, 2.24) is 9.97 Å². The van der Waals surface area contributed by atoms with Crippen LogP contribution in [-0.4, -0.2) is 16.2 Å². The van der Waals surface area contributed by atoms with Crippen molar-refractivity contribution < 1.29 is 0 Å². The summed E-state index contributed by atoms with van der Waals surface area (Å²) in [5.74, 6) is 0.525. The smallest absolute Gasteiger partial charge is 0.243 e. The molecule has 0 unspecified atom stereocenters. The van der Waals surface area contributed by atoms with Crippen molar-refractivity contribution in [3.63, 3.8) is 0 Å². The predicted molar refractivity (Wildman–Crippen MR) is 73.9 cm³/mol. The van der Waals surface area contributed by atoms with Crippen molar-refractivity contribution in [2.75, 3.05) is 5.43 Å². The van der Waals surface area contributed by atoms with Crippen LogP contribution in [0.15, 0.2) is 35.4 Å². The molecule has 0 radical (unpaired) electrons. The van der Waals surface area contributed by atoms with Crippen molar-refractivity contribution in [3.05, 3.63) is 52.8 Å². The van der Waals surface area contributed by atoms with Gasteiger partial charge in [-0.2, -0.15) is 5.10 Å². The van der Waals surface area contributed by atoms with Gasteiger partial charge in [0.15, 0.2) is 0 Å². The Labute approximate surface area is 107 Å². The molecular weight excluding hydrogens is 224 g/mol. The van der Waals surface area contributed by atoms with Crippen molar-refractivity contribution in [1.29, 1.82) is 0 Å². The summed E-state index contributed by atoms with van der Waals surface area (Å²) in [6.07, 6.45) is 1.77. The van der Waals surface area contributed by atoms with Crippen LogP contribution < -0.4 is 5.43 Å². The number of nitrogens with one attached hydrogen (secondary N) is 1. The van der Waals surface area contributed by atoms with Crippen LogP contribution in [0.25, 0.3) is 0 Å². The zero-order chi connectivity index (χ0) is 13.0. The maximum absolute atomic E-state index is 4.25. The molecule has 2 aromatic rings. The molecule has 0 atom stereocenters. The third-order valence-electron chi connectivity index (χ3n) is 2.54. The number of hydrogen-bond donors (Lipinski definition) is 1. The van der Waals surface area contributed by atoms with E-state index in [2.05, 4.69) is 33.5 Å². The molecule has 0 saturated carbocycles. The largest absolute Gasteiger partial charge is 0.245 e. The average Bonchev–Trinajstić information content (AvgIpc) is 2.30. The average molecular weight is 240 g/mol. The minimum atomic E-state index is 0.525. The second-order valence-corrected chi connectivity index (χ2v) is 4.20. The number of hydrazone groups is 1. The molecule has 0 aliphatic rings. The standard InChI is InChI=1S/C14H16N4/c1-10-6-4-5-7-13(10)9-15-18-14-16-11(2)8-12(3)17-14/h4-9H,1-3H3,(H,16,17,18)/b15-9+. The first kappa shape index (κ1) is 12.2. The fourth-order valence-electron chi connectivity index (χ4n) is 1.67. The van der Waals surface area contributed by atoms with E-state index in [9.17, 15) is 0 Å². The summed E-state index contributed by atoms with van der Waals surface area (Å²) < 4.78 is 0. The highest BCUT2D eigenvalue weighted by molar-refractivity contribution is 5.81. The van der Waals surface area contributed by atoms with Gasteiger partial charge < -0.3 is 0 Å². The first-order valence-electron chi connectivity index (χ1n) is 5.82. The topological polar surface area (TPSA) is 50.2 Å². The molecule has 18 heavy (non-hydrogen) atoms. The highest BCUT2D eigenvalue weighted by atomic mass is 15.3. The predicted octanol–water partition coefficient (Wildman–Crippen LogP) is 2.85. The zero-order valence-corrected chi connectivity index (χ0v) is 10.8. The molecule has 0 fully saturated rings. The van der Waals surface area contributed by atoms with E-state index >= 15 is 0 Å². The van der Waals surface area contributed by atoms with Crippen LogP contribution in [-0.2, 0) is 0 Å². The normalized spacial score (nSPS) is 10.8. The Morgan fingerprint density at radius 1 is 1.06 bits per heavy atom. The van der Waals surface area contributed by atoms with Crippen molar-refractivity contribution in [2.24, 2.45) is 5.10 Å². The summed E-state index contributed by atoms with van der Waals surface area (Å²) in [6, 6.07) is 9.99. The Hall–Kier alpha value is -2.23. The molecular formula is C14H16N4. The van der Waals surface area contributed by atoms with Crippen LogP contribution in [0.1, 0.15) is 22.5 Å². The molecule has 0 amide bonds. The van der Waals surface area contributed by atoms with Crippen molar-refractivity contribution >= 4 is 12.2 Å². The Balaban J connectivity index is 2.10. The van der Waals surface area contributed by atoms with E-state index in [1.165, 1.54) is 5.56 Å². The molecule has 1 heterocycles. The third-order valence-corrected chi connectivity index (χ3v) is 2.54. The van der Waals surface area contributed by atoms with Gasteiger partial charge in [0.05, 0.1) is 6.21 Å². The van der Waals surface area contributed by atoms with E-state index in [0.29, 0.717) is 5.95 Å². The Kier molecular flexibility index (Phi) is 3.67. The molecule has 2 rings (SSSR count). The zero-order valence-electron chi connectivity index (χ0n) is 10.8. The highest BCUT2D eigenvalue weighted by Crippen LogP contribution is 2.05. The summed E-state index contributed by atoms with van der Waals surface area (Å²) >= 11 is 0. The maximum atomic E-state index is 4.25. The third kappa shape index (κ3) is 3.13. The van der Waals surface area contributed by atoms with Gasteiger partial charge in [-0.1, -0.05) is 24.3 Å². The summed E-state index contributed by atoms with van der Waals surface area (Å²) in [5, 5.41) is 4.15. The van der Waals surface area contributed by atoms with Crippen LogP contribution in [0.3, 0.4) is 0 Å². The first-order chi connectivity index (χ1) is 8.65. The van der Waals surface area contributed by atoms with Crippen LogP contribution in [0.2, 0.25) is 0 Å². The molecule has 0 aliphatic carbocycles. The summed E-state index contributed by atoms with van der Waals surface area (Å²) in [7, 11) is 0. The lowest BCUT2D eigenvalue weighted by Gasteiger charge is -2.02. The number of benzene rings is 1. The van der Waals surface area contributed by atoms with Gasteiger partial charge in [-0.05, 0) is 38.0 Å². The number of hydrogen-bond acceptors (Lipinski definition) is 4. The lowest BCUT2D eigenvalue weighted by Crippen LogP contribution is -2.00. The lowest BCUT2D eigenvalue weighted by molar-refractivity contribution is 1.04. The van der Waals surface area contributed by atoms with Crippen LogP contribution >= 0.6 is 0 Å². The molecule has 0 saturated heterocycles. The molecule has 1 N–H and O–H groups in total. The van der Waals surface area contributed by atoms with Crippen molar-refractivity contribution in [3.8, 4) is 0 Å². The van der Waals surface area contributed by atoms with E-state index in [-0.39, 0.29) is 0 Å². The number of anilines is 1. The molecule has 4 nitrogen and oxygen atoms in total. The summed E-state index contributed by atoms with van der Waals surface area (Å²) in [5.41, 5.74) is 6.97. The van der Waals surface area contributed by atoms with E-state index in [0.717, 1.165) is 17.0 Å². The van der Waals surface area contributed by atoms with Gasteiger partial charge in [-0.15, -0.1) is 0 Å². The van der Waals surface area contributed by atoms with Gasteiger partial charge in [0.2, 0.25) is 5.95 Å². The highest BCUT2D eigenvalue weighted by Gasteiger charge is 1.97. The van der Waals surface area contributed by atoms with Crippen molar-refractivity contribution in [2.45, 2.75) is 20.8 Å². The molecule has 0 bridgehead atoms. The minimum absolute atomic E-state index is 0.525. The van der Waals surface area contributed by atoms with Gasteiger partial charge in [0.25, 0.3) is 0 Å². The fourth-order valence-corrected chi connectivity index (χ4v) is 1.67. The number of aryl methyl sites for hydroxylation is 3. The van der Waals surface area contributed by atoms with Crippen LogP contribution in [0.5, 0.6) is 0 Å². The molecule has 0 spiro atoms. The maximum Gasteiger partial charge on any atom is 0.243 e. The van der Waals surface area contributed by atoms with Gasteiger partial charge >= 0.3 is 0 Å². The molecule has 1 aromatic heterocycles. The minimum Gasteiger partial charge on any atom is -0.245 e. The SMILES string of the molecule is Cc1cc(C)nc(N/N=C/c2ccccc2C)n1. The Bertz CT molecular complexity index is 556. The molecule has 1 aromatic carbocycles. The second kappa shape index (κ2) is 5.40. The summed E-state index contributed by atoms with van der Waals surface area (Å²) in [6.45, 7) is 5.92. The summed E-state index contributed by atoms with van der Waals surface area (Å²) in [4.78, 5) is 8.50. The number of nitrogens with zero attached hydrogens (tertiary/aromatic N) is 3. The van der Waals surface area contributed by atoms with Gasteiger partial charge in [-0.3, -0.25) is 0 Å². The van der Waals surface area contributed by atoms with Gasteiger partial charge in [0.1, 0.15) is 0 Å². The second-order valence-electron chi connectivity index (χ2n) is 4.20. The monoisotopic (exact) mass is 240 g/mol. The van der Waals surface area contributed by atoms with E-state index in [1.54, 1.807) is 6.21 Å².